The van der Waals surface area contributed by atoms with Crippen molar-refractivity contribution in [3.05, 3.63) is 38.2 Å². The first-order valence-corrected chi connectivity index (χ1v) is 5.01. The largest absolute Gasteiger partial charge is 0.320 e. The third kappa shape index (κ3) is 1.11. The molecule has 3 heterocycles. The molecular weight excluding hydrogens is 214 g/mol. The summed E-state index contributed by atoms with van der Waals surface area (Å²) in [5.41, 5.74) is -0.272. The highest BCUT2D eigenvalue weighted by atomic mass is 32.1. The average molecular weight is 217 g/mol. The van der Waals surface area contributed by atoms with E-state index in [4.69, 9.17) is 0 Å². The lowest BCUT2D eigenvalue weighted by atomic mass is 10.3. The Morgan fingerprint density at radius 2 is 2.00 bits per heavy atom. The standard InChI is InChI=1S/C9H3N3O2S/c13-7-6-4(12-8(7)14)3-5(11-6)9-10-1-2-15-9/h1-3H. The maximum atomic E-state index is 11.3. The third-order valence-corrected chi connectivity index (χ3v) is 2.83. The normalized spacial score (nSPS) is 11.2. The minimum Gasteiger partial charge on any atom is -0.281 e. The van der Waals surface area contributed by atoms with E-state index in [1.165, 1.54) is 11.3 Å². The molecule has 72 valence electrons. The lowest BCUT2D eigenvalue weighted by Crippen LogP contribution is -2.19. The molecule has 6 heteroatoms. The van der Waals surface area contributed by atoms with E-state index in [-0.39, 0.29) is 5.69 Å². The minimum absolute atomic E-state index is 0.144. The van der Waals surface area contributed by atoms with Gasteiger partial charge in [0.15, 0.2) is 0 Å². The Bertz CT molecular complexity index is 667. The second kappa shape index (κ2) is 2.77. The van der Waals surface area contributed by atoms with Crippen molar-refractivity contribution in [2.45, 2.75) is 0 Å². The monoisotopic (exact) mass is 217 g/mol. The van der Waals surface area contributed by atoms with Gasteiger partial charge in [-0.2, -0.15) is 0 Å². The molecule has 1 aromatic heterocycles. The van der Waals surface area contributed by atoms with Gasteiger partial charge in [0.05, 0.1) is 5.69 Å². The van der Waals surface area contributed by atoms with Crippen LogP contribution in [0.2, 0.25) is 0 Å². The van der Waals surface area contributed by atoms with Gasteiger partial charge in [-0.3, -0.25) is 9.59 Å². The van der Waals surface area contributed by atoms with Crippen molar-refractivity contribution in [2.75, 3.05) is 0 Å². The summed E-state index contributed by atoms with van der Waals surface area (Å²) in [5.74, 6) is 0. The van der Waals surface area contributed by atoms with Crippen LogP contribution in [-0.2, 0) is 0 Å². The Balaban J connectivity index is 2.29. The number of hydrogen-bond donors (Lipinski definition) is 0. The maximum absolute atomic E-state index is 11.3. The van der Waals surface area contributed by atoms with Crippen molar-refractivity contribution < 1.29 is 0 Å². The van der Waals surface area contributed by atoms with Gasteiger partial charge < -0.3 is 0 Å². The smallest absolute Gasteiger partial charge is 0.281 e. The fraction of sp³-hybridized carbons (Fsp3) is 0. The molecule has 3 rings (SSSR count). The summed E-state index contributed by atoms with van der Waals surface area (Å²) in [6, 6.07) is 1.61. The van der Waals surface area contributed by atoms with Crippen LogP contribution in [0.3, 0.4) is 0 Å². The predicted octanol–water partition coefficient (Wildman–Crippen LogP) is 0.301. The Morgan fingerprint density at radius 1 is 1.13 bits per heavy atom. The molecule has 0 fully saturated rings. The fourth-order valence-corrected chi connectivity index (χ4v) is 1.98. The van der Waals surface area contributed by atoms with E-state index in [1.54, 1.807) is 12.3 Å². The van der Waals surface area contributed by atoms with Gasteiger partial charge in [0.1, 0.15) is 16.4 Å². The molecule has 0 saturated heterocycles. The molecule has 2 aliphatic heterocycles. The van der Waals surface area contributed by atoms with Crippen molar-refractivity contribution >= 4 is 11.3 Å². The topological polar surface area (TPSA) is 72.8 Å². The van der Waals surface area contributed by atoms with E-state index in [1.807, 2.05) is 5.38 Å². The van der Waals surface area contributed by atoms with Crippen LogP contribution in [0, 0.1) is 0 Å². The average Bonchev–Trinajstić information content (AvgIpc) is 2.86. The van der Waals surface area contributed by atoms with Gasteiger partial charge in [-0.1, -0.05) is 0 Å². The lowest BCUT2D eigenvalue weighted by Gasteiger charge is -1.83. The molecule has 1 aromatic rings. The first kappa shape index (κ1) is 8.37. The Labute approximate surface area is 87.1 Å². The van der Waals surface area contributed by atoms with E-state index < -0.39 is 11.0 Å². The molecule has 2 aliphatic rings. The molecule has 0 aliphatic carbocycles. The molecule has 0 saturated carbocycles. The number of hydrogen-bond acceptors (Lipinski definition) is 6. The van der Waals surface area contributed by atoms with Crippen LogP contribution < -0.4 is 11.0 Å². The Kier molecular flexibility index (Phi) is 1.54. The van der Waals surface area contributed by atoms with Crippen molar-refractivity contribution in [1.82, 2.24) is 15.0 Å². The van der Waals surface area contributed by atoms with Gasteiger partial charge in [-0.05, 0) is 6.07 Å². The number of nitrogens with zero attached hydrogens (tertiary/aromatic N) is 3. The van der Waals surface area contributed by atoms with Crippen molar-refractivity contribution in [3.8, 4) is 22.1 Å². The van der Waals surface area contributed by atoms with Crippen LogP contribution in [-0.4, -0.2) is 15.0 Å². The molecule has 0 bridgehead atoms. The van der Waals surface area contributed by atoms with Crippen LogP contribution in [0.1, 0.15) is 0 Å². The summed E-state index contributed by atoms with van der Waals surface area (Å²) in [7, 11) is 0. The van der Waals surface area contributed by atoms with E-state index >= 15 is 0 Å². The number of rotatable bonds is 1. The predicted molar refractivity (Wildman–Crippen MR) is 54.7 cm³/mol. The molecular formula is C9H3N3O2S. The first-order chi connectivity index (χ1) is 7.25. The van der Waals surface area contributed by atoms with Crippen LogP contribution in [0.5, 0.6) is 0 Å². The number of aromatic nitrogens is 3. The highest BCUT2D eigenvalue weighted by Gasteiger charge is 2.20. The zero-order valence-corrected chi connectivity index (χ0v) is 8.11. The Hall–Kier alpha value is -1.95. The highest BCUT2D eigenvalue weighted by Crippen LogP contribution is 2.25. The van der Waals surface area contributed by atoms with Gasteiger partial charge in [0.25, 0.3) is 5.43 Å². The third-order valence-electron chi connectivity index (χ3n) is 2.03. The first-order valence-electron chi connectivity index (χ1n) is 4.13. The molecule has 0 N–H and O–H groups in total. The van der Waals surface area contributed by atoms with Crippen molar-refractivity contribution in [3.63, 3.8) is 0 Å². The lowest BCUT2D eigenvalue weighted by molar-refractivity contribution is 1.30. The SMILES string of the molecule is O=c1nc2cc(-c3nccs3)nc-2c1=O. The van der Waals surface area contributed by atoms with E-state index in [0.29, 0.717) is 11.4 Å². The molecule has 0 unspecified atom stereocenters. The zero-order chi connectivity index (χ0) is 10.4. The zero-order valence-electron chi connectivity index (χ0n) is 7.30. The second-order valence-electron chi connectivity index (χ2n) is 2.96. The number of fused-ring (bicyclic) bond motifs is 1. The minimum atomic E-state index is -0.738. The molecule has 0 atom stereocenters. The molecule has 0 amide bonds. The molecule has 0 aromatic carbocycles. The van der Waals surface area contributed by atoms with Crippen molar-refractivity contribution in [2.24, 2.45) is 0 Å². The van der Waals surface area contributed by atoms with Crippen LogP contribution >= 0.6 is 11.3 Å². The van der Waals surface area contributed by atoms with Gasteiger partial charge in [0.2, 0.25) is 0 Å². The van der Waals surface area contributed by atoms with Gasteiger partial charge in [-0.15, -0.1) is 11.3 Å². The maximum Gasteiger partial charge on any atom is 0.320 e. The van der Waals surface area contributed by atoms with Gasteiger partial charge in [-0.25, -0.2) is 15.0 Å². The summed E-state index contributed by atoms with van der Waals surface area (Å²) in [6.07, 6.45) is 1.66. The van der Waals surface area contributed by atoms with Gasteiger partial charge >= 0.3 is 5.56 Å². The molecule has 15 heavy (non-hydrogen) atoms. The summed E-state index contributed by atoms with van der Waals surface area (Å²) < 4.78 is 0. The van der Waals surface area contributed by atoms with Crippen LogP contribution in [0.4, 0.5) is 0 Å². The summed E-state index contributed by atoms with van der Waals surface area (Å²) in [4.78, 5) is 33.9. The van der Waals surface area contributed by atoms with Crippen LogP contribution in [0.15, 0.2) is 27.2 Å². The molecule has 0 radical (unpaired) electrons. The van der Waals surface area contributed by atoms with E-state index in [0.717, 1.165) is 5.01 Å². The highest BCUT2D eigenvalue weighted by molar-refractivity contribution is 7.13. The number of thiazole rings is 1. The fourth-order valence-electron chi connectivity index (χ4n) is 1.38. The molecule has 0 spiro atoms. The summed E-state index contributed by atoms with van der Waals surface area (Å²) in [5, 5.41) is 2.54. The van der Waals surface area contributed by atoms with Gasteiger partial charge in [0, 0.05) is 11.6 Å². The van der Waals surface area contributed by atoms with E-state index in [9.17, 15) is 9.59 Å². The van der Waals surface area contributed by atoms with E-state index in [2.05, 4.69) is 15.0 Å². The van der Waals surface area contributed by atoms with Crippen LogP contribution in [0.25, 0.3) is 22.1 Å². The quantitative estimate of drug-likeness (QED) is 0.548. The molecule has 5 nitrogen and oxygen atoms in total. The summed E-state index contributed by atoms with van der Waals surface area (Å²) in [6.45, 7) is 0. The Morgan fingerprint density at radius 3 is 2.67 bits per heavy atom. The van der Waals surface area contributed by atoms with Crippen molar-refractivity contribution in [1.29, 1.82) is 0 Å². The summed E-state index contributed by atoms with van der Waals surface area (Å²) >= 11 is 1.42. The second-order valence-corrected chi connectivity index (χ2v) is 3.85.